The third-order valence-corrected chi connectivity index (χ3v) is 4.33. The molecule has 0 radical (unpaired) electrons. The van der Waals surface area contributed by atoms with Crippen LogP contribution in [0.4, 0.5) is 11.4 Å². The Morgan fingerprint density at radius 3 is 2.12 bits per heavy atom. The van der Waals surface area contributed by atoms with Crippen LogP contribution in [0.1, 0.15) is 24.2 Å². The van der Waals surface area contributed by atoms with Gasteiger partial charge in [-0.2, -0.15) is 0 Å². The fourth-order valence-corrected chi connectivity index (χ4v) is 2.58. The smallest absolute Gasteiger partial charge is 0.255 e. The van der Waals surface area contributed by atoms with E-state index in [0.717, 1.165) is 36.8 Å². The van der Waals surface area contributed by atoms with Crippen molar-refractivity contribution in [2.24, 2.45) is 0 Å². The average molecular weight is 355 g/mol. The van der Waals surface area contributed by atoms with Crippen LogP contribution >= 0.6 is 0 Å². The van der Waals surface area contributed by atoms with Crippen LogP contribution in [-0.2, 0) is 0 Å². The molecule has 0 unspecified atom stereocenters. The van der Waals surface area contributed by atoms with Crippen LogP contribution < -0.4 is 15.0 Å². The van der Waals surface area contributed by atoms with Gasteiger partial charge >= 0.3 is 0 Å². The quantitative estimate of drug-likeness (QED) is 0.744. The first kappa shape index (κ1) is 19.8. The van der Waals surface area contributed by atoms with E-state index in [2.05, 4.69) is 24.1 Å². The molecule has 0 aromatic heterocycles. The predicted octanol–water partition coefficient (Wildman–Crippen LogP) is 3.73. The van der Waals surface area contributed by atoms with Crippen molar-refractivity contribution in [3.63, 3.8) is 0 Å². The molecule has 26 heavy (non-hydrogen) atoms. The normalized spacial score (nSPS) is 10.7. The molecule has 0 spiro atoms. The monoisotopic (exact) mass is 355 g/mol. The molecule has 2 aromatic carbocycles. The number of hydrogen-bond donors (Lipinski definition) is 1. The highest BCUT2D eigenvalue weighted by atomic mass is 16.5. The Bertz CT molecular complexity index is 677. The molecule has 1 N–H and O–H groups in total. The lowest BCUT2D eigenvalue weighted by Gasteiger charge is -2.18. The van der Waals surface area contributed by atoms with Gasteiger partial charge in [0.15, 0.2) is 0 Å². The summed E-state index contributed by atoms with van der Waals surface area (Å²) < 4.78 is 5.76. The number of carbonyl (C=O) groups excluding carboxylic acids is 1. The first-order valence-corrected chi connectivity index (χ1v) is 9.07. The molecule has 0 fully saturated rings. The summed E-state index contributed by atoms with van der Waals surface area (Å²) in [6, 6.07) is 15.0. The van der Waals surface area contributed by atoms with E-state index < -0.39 is 0 Å². The van der Waals surface area contributed by atoms with E-state index in [1.165, 1.54) is 0 Å². The minimum Gasteiger partial charge on any atom is -0.492 e. The van der Waals surface area contributed by atoms with Crippen LogP contribution in [0.3, 0.4) is 0 Å². The van der Waals surface area contributed by atoms with Crippen molar-refractivity contribution in [1.82, 2.24) is 4.90 Å². The van der Waals surface area contributed by atoms with Crippen LogP contribution in [0.5, 0.6) is 5.75 Å². The summed E-state index contributed by atoms with van der Waals surface area (Å²) in [4.78, 5) is 16.6. The van der Waals surface area contributed by atoms with Gasteiger partial charge in [0.05, 0.1) is 0 Å². The topological polar surface area (TPSA) is 44.8 Å². The number of ether oxygens (including phenoxy) is 1. The Morgan fingerprint density at radius 1 is 0.962 bits per heavy atom. The molecule has 0 bridgehead atoms. The van der Waals surface area contributed by atoms with Gasteiger partial charge in [-0.1, -0.05) is 13.8 Å². The molecule has 0 aliphatic heterocycles. The first-order valence-electron chi connectivity index (χ1n) is 9.07. The molecule has 0 heterocycles. The van der Waals surface area contributed by atoms with E-state index in [-0.39, 0.29) is 5.91 Å². The minimum absolute atomic E-state index is 0.120. The number of carbonyl (C=O) groups is 1. The van der Waals surface area contributed by atoms with Crippen LogP contribution in [-0.4, -0.2) is 51.1 Å². The van der Waals surface area contributed by atoms with Crippen LogP contribution in [0.25, 0.3) is 0 Å². The second-order valence-corrected chi connectivity index (χ2v) is 6.30. The maximum Gasteiger partial charge on any atom is 0.255 e. The Balaban J connectivity index is 1.87. The summed E-state index contributed by atoms with van der Waals surface area (Å²) in [5, 5.41) is 2.91. The van der Waals surface area contributed by atoms with Gasteiger partial charge in [0, 0.05) is 37.6 Å². The largest absolute Gasteiger partial charge is 0.492 e. The molecule has 0 aliphatic rings. The molecule has 5 nitrogen and oxygen atoms in total. The van der Waals surface area contributed by atoms with Gasteiger partial charge in [0.1, 0.15) is 12.4 Å². The fraction of sp³-hybridized carbons (Fsp3) is 0.381. The highest BCUT2D eigenvalue weighted by molar-refractivity contribution is 6.04. The number of nitrogens with zero attached hydrogens (tertiary/aromatic N) is 2. The van der Waals surface area contributed by atoms with Crippen molar-refractivity contribution in [2.45, 2.75) is 13.8 Å². The van der Waals surface area contributed by atoms with Gasteiger partial charge in [-0.3, -0.25) is 4.79 Å². The van der Waals surface area contributed by atoms with Gasteiger partial charge in [-0.05, 0) is 61.6 Å². The SMILES string of the molecule is CCN(CC)CCOc1ccc(NC(=O)c2ccc(N(C)C)cc2)cc1. The summed E-state index contributed by atoms with van der Waals surface area (Å²) in [7, 11) is 3.95. The second-order valence-electron chi connectivity index (χ2n) is 6.30. The Morgan fingerprint density at radius 2 is 1.58 bits per heavy atom. The average Bonchev–Trinajstić information content (AvgIpc) is 2.66. The van der Waals surface area contributed by atoms with Gasteiger partial charge in [0.25, 0.3) is 5.91 Å². The second kappa shape index (κ2) is 9.82. The van der Waals surface area contributed by atoms with E-state index in [0.29, 0.717) is 12.2 Å². The van der Waals surface area contributed by atoms with E-state index in [1.807, 2.05) is 67.5 Å². The molecule has 0 aliphatic carbocycles. The fourth-order valence-electron chi connectivity index (χ4n) is 2.58. The molecule has 1 amide bonds. The maximum absolute atomic E-state index is 12.3. The first-order chi connectivity index (χ1) is 12.5. The summed E-state index contributed by atoms with van der Waals surface area (Å²) in [6.07, 6.45) is 0. The number of rotatable bonds is 9. The summed E-state index contributed by atoms with van der Waals surface area (Å²) in [5.74, 6) is 0.691. The summed E-state index contributed by atoms with van der Waals surface area (Å²) in [6.45, 7) is 7.92. The van der Waals surface area contributed by atoms with Crippen molar-refractivity contribution >= 4 is 17.3 Å². The third-order valence-electron chi connectivity index (χ3n) is 4.33. The summed E-state index contributed by atoms with van der Waals surface area (Å²) in [5.41, 5.74) is 2.45. The zero-order chi connectivity index (χ0) is 18.9. The van der Waals surface area contributed by atoms with Crippen LogP contribution in [0.15, 0.2) is 48.5 Å². The molecular weight excluding hydrogens is 326 g/mol. The van der Waals surface area contributed by atoms with Gasteiger partial charge in [-0.15, -0.1) is 0 Å². The lowest BCUT2D eigenvalue weighted by atomic mass is 10.2. The van der Waals surface area contributed by atoms with E-state index in [9.17, 15) is 4.79 Å². The van der Waals surface area contributed by atoms with Crippen molar-refractivity contribution in [1.29, 1.82) is 0 Å². The lowest BCUT2D eigenvalue weighted by Crippen LogP contribution is -2.27. The Labute approximate surface area is 156 Å². The lowest BCUT2D eigenvalue weighted by molar-refractivity contribution is 0.102. The van der Waals surface area contributed by atoms with Crippen molar-refractivity contribution in [2.75, 3.05) is 50.6 Å². The van der Waals surface area contributed by atoms with Crippen LogP contribution in [0.2, 0.25) is 0 Å². The molecule has 2 aromatic rings. The standard InChI is InChI=1S/C21H29N3O2/c1-5-24(6-2)15-16-26-20-13-9-18(10-14-20)22-21(25)17-7-11-19(12-8-17)23(3)4/h7-14H,5-6,15-16H2,1-4H3,(H,22,25). The maximum atomic E-state index is 12.3. The van der Waals surface area contributed by atoms with Crippen molar-refractivity contribution < 1.29 is 9.53 Å². The molecule has 5 heteroatoms. The van der Waals surface area contributed by atoms with E-state index in [1.54, 1.807) is 0 Å². The number of anilines is 2. The molecule has 2 rings (SSSR count). The number of benzene rings is 2. The Kier molecular flexibility index (Phi) is 7.48. The number of likely N-dealkylation sites (N-methyl/N-ethyl adjacent to an activating group) is 1. The molecular formula is C21H29N3O2. The third kappa shape index (κ3) is 5.77. The van der Waals surface area contributed by atoms with Crippen molar-refractivity contribution in [3.8, 4) is 5.75 Å². The van der Waals surface area contributed by atoms with Gasteiger partial charge in [-0.25, -0.2) is 0 Å². The molecule has 0 saturated heterocycles. The number of nitrogens with one attached hydrogen (secondary N) is 1. The zero-order valence-corrected chi connectivity index (χ0v) is 16.2. The van der Waals surface area contributed by atoms with Gasteiger partial charge in [0.2, 0.25) is 0 Å². The number of amides is 1. The van der Waals surface area contributed by atoms with E-state index in [4.69, 9.17) is 4.74 Å². The van der Waals surface area contributed by atoms with Crippen molar-refractivity contribution in [3.05, 3.63) is 54.1 Å². The number of hydrogen-bond acceptors (Lipinski definition) is 4. The molecule has 0 atom stereocenters. The highest BCUT2D eigenvalue weighted by Gasteiger charge is 2.07. The van der Waals surface area contributed by atoms with Crippen LogP contribution in [0, 0.1) is 0 Å². The zero-order valence-electron chi connectivity index (χ0n) is 16.2. The minimum atomic E-state index is -0.120. The highest BCUT2D eigenvalue weighted by Crippen LogP contribution is 2.18. The Hall–Kier alpha value is -2.53. The van der Waals surface area contributed by atoms with E-state index >= 15 is 0 Å². The molecule has 0 saturated carbocycles. The van der Waals surface area contributed by atoms with Gasteiger partial charge < -0.3 is 19.9 Å². The summed E-state index contributed by atoms with van der Waals surface area (Å²) >= 11 is 0. The predicted molar refractivity (Wildman–Crippen MR) is 108 cm³/mol. The molecule has 140 valence electrons.